The van der Waals surface area contributed by atoms with Crippen molar-refractivity contribution in [2.75, 3.05) is 25.1 Å². The third kappa shape index (κ3) is 7.12. The molecule has 7 nitrogen and oxygen atoms in total. The number of carboxylic acids is 1. The highest BCUT2D eigenvalue weighted by molar-refractivity contribution is 7.89. The number of alkyl halides is 7. The van der Waals surface area contributed by atoms with E-state index in [0.29, 0.717) is 19.1 Å². The van der Waals surface area contributed by atoms with E-state index >= 15 is 0 Å². The molecule has 1 aromatic rings. The van der Waals surface area contributed by atoms with Crippen LogP contribution < -0.4 is 9.64 Å². The number of likely N-dealkylation sites (N-methyl/N-ethyl adjacent to an activating group) is 1. The number of ether oxygens (including phenoxy) is 1. The number of benzene rings is 1. The summed E-state index contributed by atoms with van der Waals surface area (Å²) in [6, 6.07) is -0.657. The molecule has 1 aromatic carbocycles. The van der Waals surface area contributed by atoms with Crippen LogP contribution in [0.5, 0.6) is 5.75 Å². The Hall–Kier alpha value is -2.29. The van der Waals surface area contributed by atoms with Crippen molar-refractivity contribution < 1.29 is 53.8 Å². The first kappa shape index (κ1) is 32.2. The maximum Gasteiger partial charge on any atom is 0.420 e. The van der Waals surface area contributed by atoms with Gasteiger partial charge in [-0.1, -0.05) is 0 Å². The molecule has 228 valence electrons. The maximum absolute atomic E-state index is 14.2. The van der Waals surface area contributed by atoms with E-state index in [9.17, 15) is 49.1 Å². The number of halogens is 7. The molecular formula is C25H33F7N2O5S. The topological polar surface area (TPSA) is 87.2 Å². The van der Waals surface area contributed by atoms with Crippen LogP contribution in [0.4, 0.5) is 36.4 Å². The number of hydrogen-bond acceptors (Lipinski definition) is 5. The van der Waals surface area contributed by atoms with E-state index < -0.39 is 99.3 Å². The zero-order valence-corrected chi connectivity index (χ0v) is 23.3. The van der Waals surface area contributed by atoms with Crippen molar-refractivity contribution in [2.24, 2.45) is 5.41 Å². The third-order valence-corrected chi connectivity index (χ3v) is 9.41. The predicted octanol–water partition coefficient (Wildman–Crippen LogP) is 6.02. The van der Waals surface area contributed by atoms with Gasteiger partial charge in [0.1, 0.15) is 17.3 Å². The van der Waals surface area contributed by atoms with Gasteiger partial charge < -0.3 is 14.7 Å². The van der Waals surface area contributed by atoms with Gasteiger partial charge in [-0.25, -0.2) is 26.0 Å². The predicted molar refractivity (Wildman–Crippen MR) is 131 cm³/mol. The second kappa shape index (κ2) is 10.8. The number of anilines is 1. The first-order chi connectivity index (χ1) is 18.1. The van der Waals surface area contributed by atoms with Crippen molar-refractivity contribution in [2.45, 2.75) is 94.3 Å². The number of hydrogen-bond donors (Lipinski definition) is 1. The zero-order chi connectivity index (χ0) is 30.5. The summed E-state index contributed by atoms with van der Waals surface area (Å²) in [6.07, 6.45) is -7.55. The quantitative estimate of drug-likeness (QED) is 0.365. The minimum Gasteiger partial charge on any atom is -0.492 e. The molecule has 3 rings (SSSR count). The molecule has 0 unspecified atom stereocenters. The lowest BCUT2D eigenvalue weighted by Gasteiger charge is -2.40. The average Bonchev–Trinajstić information content (AvgIpc) is 2.88. The largest absolute Gasteiger partial charge is 0.492 e. The first-order valence-corrected chi connectivity index (χ1v) is 14.1. The molecule has 40 heavy (non-hydrogen) atoms. The highest BCUT2D eigenvalue weighted by Crippen LogP contribution is 2.46. The molecule has 1 heterocycles. The number of rotatable bonds is 8. The number of nitrogens with zero attached hydrogens (tertiary/aromatic N) is 2. The van der Waals surface area contributed by atoms with E-state index in [1.54, 1.807) is 0 Å². The zero-order valence-electron chi connectivity index (χ0n) is 22.5. The van der Waals surface area contributed by atoms with Gasteiger partial charge >= 0.3 is 12.1 Å². The normalized spacial score (nSPS) is 22.5. The van der Waals surface area contributed by atoms with E-state index in [1.807, 2.05) is 0 Å². The summed E-state index contributed by atoms with van der Waals surface area (Å²) in [5.74, 6) is -8.42. The van der Waals surface area contributed by atoms with E-state index in [4.69, 9.17) is 4.74 Å². The van der Waals surface area contributed by atoms with Gasteiger partial charge in [-0.05, 0) is 46.1 Å². The second-order valence-corrected chi connectivity index (χ2v) is 13.3. The van der Waals surface area contributed by atoms with Crippen molar-refractivity contribution in [1.29, 1.82) is 0 Å². The van der Waals surface area contributed by atoms with Gasteiger partial charge in [-0.3, -0.25) is 4.79 Å². The van der Waals surface area contributed by atoms with E-state index in [1.165, 1.54) is 18.7 Å². The summed E-state index contributed by atoms with van der Waals surface area (Å²) >= 11 is 0. The Morgan fingerprint density at radius 1 is 1.10 bits per heavy atom. The number of carbonyl (C=O) groups is 1. The van der Waals surface area contributed by atoms with Crippen LogP contribution in [-0.2, 0) is 21.0 Å². The molecule has 1 fully saturated rings. The highest BCUT2D eigenvalue weighted by Gasteiger charge is 2.45. The van der Waals surface area contributed by atoms with Crippen LogP contribution >= 0.6 is 0 Å². The fourth-order valence-corrected chi connectivity index (χ4v) is 6.38. The molecule has 0 aromatic heterocycles. The van der Waals surface area contributed by atoms with Gasteiger partial charge in [0.05, 0.1) is 16.7 Å². The van der Waals surface area contributed by atoms with Crippen LogP contribution in [-0.4, -0.2) is 67.9 Å². The Balaban J connectivity index is 2.19. The molecule has 0 spiro atoms. The monoisotopic (exact) mass is 606 g/mol. The highest BCUT2D eigenvalue weighted by atomic mass is 32.2. The molecule has 1 aliphatic heterocycles. The first-order valence-electron chi connectivity index (χ1n) is 12.7. The van der Waals surface area contributed by atoms with Crippen LogP contribution in [0.25, 0.3) is 0 Å². The maximum atomic E-state index is 14.2. The van der Waals surface area contributed by atoms with Gasteiger partial charge in [0, 0.05) is 51.0 Å². The molecule has 0 radical (unpaired) electrons. The Morgan fingerprint density at radius 2 is 1.68 bits per heavy atom. The van der Waals surface area contributed by atoms with Gasteiger partial charge in [0.25, 0.3) is 0 Å². The van der Waals surface area contributed by atoms with Crippen LogP contribution in [0.2, 0.25) is 0 Å². The summed E-state index contributed by atoms with van der Waals surface area (Å²) in [5, 5.41) is 9.33. The van der Waals surface area contributed by atoms with Gasteiger partial charge in [-0.2, -0.15) is 17.5 Å². The summed E-state index contributed by atoms with van der Waals surface area (Å²) in [5.41, 5.74) is -3.40. The SMILES string of the molecule is CN1[C@H](CCC(C)(F)F)CN(C2CCC(F)(F)CC2)c2cc(C(F)(F)F)c(OCC(C)(C)C(=O)O)cc2S1(=O)=O. The molecule has 1 aliphatic carbocycles. The summed E-state index contributed by atoms with van der Waals surface area (Å²) in [6.45, 7) is 2.07. The van der Waals surface area contributed by atoms with E-state index in [-0.39, 0.29) is 25.8 Å². The van der Waals surface area contributed by atoms with Crippen LogP contribution in [0.15, 0.2) is 17.0 Å². The summed E-state index contributed by atoms with van der Waals surface area (Å²) < 4.78 is 131. The molecule has 1 N–H and O–H groups in total. The lowest BCUT2D eigenvalue weighted by molar-refractivity contribution is -0.148. The van der Waals surface area contributed by atoms with Crippen molar-refractivity contribution in [1.82, 2.24) is 4.31 Å². The number of sulfonamides is 1. The lowest BCUT2D eigenvalue weighted by Crippen LogP contribution is -2.47. The second-order valence-electron chi connectivity index (χ2n) is 11.3. The van der Waals surface area contributed by atoms with Crippen LogP contribution in [0.1, 0.15) is 64.9 Å². The molecule has 0 saturated heterocycles. The van der Waals surface area contributed by atoms with E-state index in [2.05, 4.69) is 0 Å². The Labute approximate surface area is 228 Å². The molecular weight excluding hydrogens is 573 g/mol. The fourth-order valence-electron chi connectivity index (χ4n) is 4.81. The van der Waals surface area contributed by atoms with Gasteiger partial charge in [0.2, 0.25) is 21.9 Å². The molecule has 0 amide bonds. The average molecular weight is 607 g/mol. The molecule has 2 aliphatic rings. The third-order valence-electron chi connectivity index (χ3n) is 7.47. The van der Waals surface area contributed by atoms with Crippen molar-refractivity contribution in [3.8, 4) is 5.75 Å². The van der Waals surface area contributed by atoms with Crippen LogP contribution in [0.3, 0.4) is 0 Å². The van der Waals surface area contributed by atoms with Gasteiger partial charge in [0.15, 0.2) is 0 Å². The number of aliphatic carboxylic acids is 1. The molecule has 0 bridgehead atoms. The minimum absolute atomic E-state index is 0.154. The van der Waals surface area contributed by atoms with Crippen molar-refractivity contribution >= 4 is 21.7 Å². The fraction of sp³-hybridized carbons (Fsp3) is 0.720. The molecule has 1 atom stereocenters. The summed E-state index contributed by atoms with van der Waals surface area (Å²) in [7, 11) is -3.46. The minimum atomic E-state index is -5.06. The lowest BCUT2D eigenvalue weighted by atomic mass is 9.90. The smallest absolute Gasteiger partial charge is 0.420 e. The molecule has 1 saturated carbocycles. The van der Waals surface area contributed by atoms with E-state index in [0.717, 1.165) is 11.4 Å². The van der Waals surface area contributed by atoms with Gasteiger partial charge in [-0.15, -0.1) is 0 Å². The summed E-state index contributed by atoms with van der Waals surface area (Å²) in [4.78, 5) is 12.2. The number of fused-ring (bicyclic) bond motifs is 1. The standard InChI is InChI=1S/C25H33F7N2O5S/c1-22(2,21(35)36)14-39-19-12-20-18(11-17(19)25(30,31)32)34(15-6-9-24(28,29)10-7-15)13-16(5-8-23(3,26)27)33(4)40(20,37)38/h11-12,15-16H,5-10,13-14H2,1-4H3,(H,35,36)/t16-/m1/s1. The Kier molecular flexibility index (Phi) is 8.74. The van der Waals surface area contributed by atoms with Crippen molar-refractivity contribution in [3.63, 3.8) is 0 Å². The Bertz CT molecular complexity index is 1210. The van der Waals surface area contributed by atoms with Crippen molar-refractivity contribution in [3.05, 3.63) is 17.7 Å². The van der Waals surface area contributed by atoms with Crippen LogP contribution in [0, 0.1) is 5.41 Å². The Morgan fingerprint density at radius 3 is 2.17 bits per heavy atom. The number of carboxylic acid groups (broad SMARTS) is 1. The molecule has 15 heteroatoms.